The first-order valence-corrected chi connectivity index (χ1v) is 5.50. The number of hydrogen-bond donors (Lipinski definition) is 0. The fraction of sp³-hybridized carbons (Fsp3) is 0.111. The summed E-state index contributed by atoms with van der Waals surface area (Å²) in [5.41, 5.74) is 0.151. The molecule has 0 amide bonds. The van der Waals surface area contributed by atoms with Crippen molar-refractivity contribution in [1.82, 2.24) is 0 Å². The Hall–Kier alpha value is -0.810. The van der Waals surface area contributed by atoms with E-state index in [9.17, 15) is 10.1 Å². The Morgan fingerprint density at radius 1 is 1.50 bits per heavy atom. The summed E-state index contributed by atoms with van der Waals surface area (Å²) in [7, 11) is 0. The third kappa shape index (κ3) is 3.51. The van der Waals surface area contributed by atoms with Crippen LogP contribution in [0.4, 0.5) is 0 Å². The largest absolute Gasteiger partial charge is 0.259 e. The summed E-state index contributed by atoms with van der Waals surface area (Å²) in [6.45, 7) is 1.48. The number of allylic oxidation sites excluding steroid dienone is 1. The highest BCUT2D eigenvalue weighted by Gasteiger charge is 2.01. The van der Waals surface area contributed by atoms with Gasteiger partial charge in [-0.1, -0.05) is 27.7 Å². The van der Waals surface area contributed by atoms with Crippen molar-refractivity contribution < 1.29 is 4.92 Å². The van der Waals surface area contributed by atoms with Gasteiger partial charge in [-0.2, -0.15) is 0 Å². The van der Waals surface area contributed by atoms with E-state index in [-0.39, 0.29) is 5.70 Å². The van der Waals surface area contributed by atoms with E-state index in [1.54, 1.807) is 0 Å². The monoisotopic (exact) mass is 273 g/mol. The van der Waals surface area contributed by atoms with E-state index in [0.717, 1.165) is 9.37 Å². The predicted molar refractivity (Wildman–Crippen MR) is 60.8 cm³/mol. The lowest BCUT2D eigenvalue weighted by atomic mass is 10.4. The Balaban J connectivity index is 2.66. The zero-order valence-corrected chi connectivity index (χ0v) is 9.84. The molecule has 0 saturated carbocycles. The second-order valence-electron chi connectivity index (χ2n) is 2.59. The van der Waals surface area contributed by atoms with Crippen LogP contribution in [0.25, 0.3) is 0 Å². The molecule has 0 aromatic heterocycles. The highest BCUT2D eigenvalue weighted by atomic mass is 79.9. The van der Waals surface area contributed by atoms with Gasteiger partial charge in [0.15, 0.2) is 0 Å². The maximum atomic E-state index is 10.3. The van der Waals surface area contributed by atoms with Crippen LogP contribution < -0.4 is 0 Å². The molecule has 5 heteroatoms. The Morgan fingerprint density at radius 3 is 2.57 bits per heavy atom. The molecular formula is C9H8BrNO2S. The molecule has 0 unspecified atom stereocenters. The Labute approximate surface area is 94.5 Å². The van der Waals surface area contributed by atoms with Gasteiger partial charge in [0.25, 0.3) is 0 Å². The minimum absolute atomic E-state index is 0.151. The number of thioether (sulfide) groups is 1. The van der Waals surface area contributed by atoms with Gasteiger partial charge in [0.2, 0.25) is 5.70 Å². The number of hydrogen-bond acceptors (Lipinski definition) is 3. The van der Waals surface area contributed by atoms with Crippen LogP contribution in [0.3, 0.4) is 0 Å². The maximum Gasteiger partial charge on any atom is 0.249 e. The molecule has 1 rings (SSSR count). The average molecular weight is 274 g/mol. The summed E-state index contributed by atoms with van der Waals surface area (Å²) >= 11 is 4.66. The molecular weight excluding hydrogens is 266 g/mol. The minimum atomic E-state index is -0.397. The first-order valence-electron chi connectivity index (χ1n) is 3.83. The zero-order valence-electron chi connectivity index (χ0n) is 7.44. The van der Waals surface area contributed by atoms with Gasteiger partial charge in [0.1, 0.15) is 0 Å². The second kappa shape index (κ2) is 5.17. The highest BCUT2D eigenvalue weighted by Crippen LogP contribution is 2.22. The number of rotatable bonds is 3. The second-order valence-corrected chi connectivity index (χ2v) is 4.45. The molecule has 0 atom stereocenters. The van der Waals surface area contributed by atoms with Crippen molar-refractivity contribution in [3.05, 3.63) is 50.0 Å². The van der Waals surface area contributed by atoms with E-state index in [2.05, 4.69) is 15.9 Å². The van der Waals surface area contributed by atoms with Crippen molar-refractivity contribution in [2.75, 3.05) is 0 Å². The molecule has 0 saturated heterocycles. The van der Waals surface area contributed by atoms with Crippen molar-refractivity contribution in [1.29, 1.82) is 0 Å². The van der Waals surface area contributed by atoms with Gasteiger partial charge >= 0.3 is 0 Å². The van der Waals surface area contributed by atoms with Gasteiger partial charge in [-0.3, -0.25) is 10.1 Å². The van der Waals surface area contributed by atoms with E-state index in [0.29, 0.717) is 0 Å². The summed E-state index contributed by atoms with van der Waals surface area (Å²) in [6.07, 6.45) is 0. The normalized spacial score (nSPS) is 11.4. The lowest BCUT2D eigenvalue weighted by Gasteiger charge is -1.95. The molecule has 14 heavy (non-hydrogen) atoms. The summed E-state index contributed by atoms with van der Waals surface area (Å²) in [6, 6.07) is 7.60. The molecule has 74 valence electrons. The van der Waals surface area contributed by atoms with Gasteiger partial charge in [-0.15, -0.1) is 0 Å². The predicted octanol–water partition coefficient (Wildman–Crippen LogP) is 3.68. The molecule has 0 heterocycles. The number of nitro groups is 1. The molecule has 0 fully saturated rings. The van der Waals surface area contributed by atoms with E-state index in [4.69, 9.17) is 0 Å². The first kappa shape index (κ1) is 11.3. The molecule has 0 aliphatic carbocycles. The third-order valence-corrected chi connectivity index (χ3v) is 3.00. The van der Waals surface area contributed by atoms with Gasteiger partial charge in [0.05, 0.1) is 4.92 Å². The molecule has 0 N–H and O–H groups in total. The Bertz CT molecular complexity index is 362. The van der Waals surface area contributed by atoms with Crippen molar-refractivity contribution in [3.63, 3.8) is 0 Å². The molecule has 0 aliphatic heterocycles. The van der Waals surface area contributed by atoms with Crippen LogP contribution in [0.15, 0.2) is 44.7 Å². The van der Waals surface area contributed by atoms with E-state index >= 15 is 0 Å². The van der Waals surface area contributed by atoms with E-state index in [1.165, 1.54) is 24.1 Å². The smallest absolute Gasteiger partial charge is 0.249 e. The van der Waals surface area contributed by atoms with E-state index < -0.39 is 4.92 Å². The molecule has 1 aromatic rings. The van der Waals surface area contributed by atoms with Gasteiger partial charge in [-0.25, -0.2) is 0 Å². The Kier molecular flexibility index (Phi) is 4.16. The SMILES string of the molecule is CC(=CSc1ccc(Br)cc1)[N+](=O)[O-]. The summed E-state index contributed by atoms with van der Waals surface area (Å²) in [4.78, 5) is 10.9. The van der Waals surface area contributed by atoms with Crippen LogP contribution in [0.5, 0.6) is 0 Å². The fourth-order valence-electron chi connectivity index (χ4n) is 0.710. The number of halogens is 1. The van der Waals surface area contributed by atoms with Crippen LogP contribution in [0, 0.1) is 10.1 Å². The third-order valence-electron chi connectivity index (χ3n) is 1.47. The van der Waals surface area contributed by atoms with E-state index in [1.807, 2.05) is 24.3 Å². The van der Waals surface area contributed by atoms with Crippen molar-refractivity contribution in [2.24, 2.45) is 0 Å². The molecule has 0 radical (unpaired) electrons. The lowest BCUT2D eigenvalue weighted by Crippen LogP contribution is -1.91. The van der Waals surface area contributed by atoms with Crippen molar-refractivity contribution >= 4 is 27.7 Å². The lowest BCUT2D eigenvalue weighted by molar-refractivity contribution is -0.424. The van der Waals surface area contributed by atoms with Crippen LogP contribution in [-0.2, 0) is 0 Å². The Morgan fingerprint density at radius 2 is 2.07 bits per heavy atom. The van der Waals surface area contributed by atoms with Crippen LogP contribution in [-0.4, -0.2) is 4.92 Å². The first-order chi connectivity index (χ1) is 6.59. The number of nitrogens with zero attached hydrogens (tertiary/aromatic N) is 1. The van der Waals surface area contributed by atoms with Crippen LogP contribution in [0.2, 0.25) is 0 Å². The summed E-state index contributed by atoms with van der Waals surface area (Å²) in [5, 5.41) is 11.8. The van der Waals surface area contributed by atoms with Gasteiger partial charge < -0.3 is 0 Å². The van der Waals surface area contributed by atoms with Gasteiger partial charge in [0, 0.05) is 21.7 Å². The minimum Gasteiger partial charge on any atom is -0.259 e. The van der Waals surface area contributed by atoms with Gasteiger partial charge in [-0.05, 0) is 24.3 Å². The van der Waals surface area contributed by atoms with Crippen LogP contribution in [0.1, 0.15) is 6.92 Å². The molecule has 0 spiro atoms. The highest BCUT2D eigenvalue weighted by molar-refractivity contribution is 9.10. The van der Waals surface area contributed by atoms with Crippen molar-refractivity contribution in [2.45, 2.75) is 11.8 Å². The zero-order chi connectivity index (χ0) is 10.6. The molecule has 3 nitrogen and oxygen atoms in total. The standard InChI is InChI=1S/C9H8BrNO2S/c1-7(11(12)13)6-14-9-4-2-8(10)3-5-9/h2-6H,1H3. The van der Waals surface area contributed by atoms with Crippen LogP contribution >= 0.6 is 27.7 Å². The molecule has 1 aromatic carbocycles. The fourth-order valence-corrected chi connectivity index (χ4v) is 1.66. The maximum absolute atomic E-state index is 10.3. The number of benzene rings is 1. The molecule has 0 bridgehead atoms. The summed E-state index contributed by atoms with van der Waals surface area (Å²) in [5.74, 6) is 0. The average Bonchev–Trinajstić information content (AvgIpc) is 2.16. The topological polar surface area (TPSA) is 43.1 Å². The molecule has 0 aliphatic rings. The van der Waals surface area contributed by atoms with Crippen molar-refractivity contribution in [3.8, 4) is 0 Å². The quantitative estimate of drug-likeness (QED) is 0.479. The summed E-state index contributed by atoms with van der Waals surface area (Å²) < 4.78 is 0.997.